The molecule has 0 aliphatic carbocycles. The molecular formula is C16H18FNO2S. The van der Waals surface area contributed by atoms with Crippen molar-refractivity contribution in [2.45, 2.75) is 18.8 Å². The van der Waals surface area contributed by atoms with Crippen molar-refractivity contribution in [2.24, 2.45) is 5.73 Å². The summed E-state index contributed by atoms with van der Waals surface area (Å²) < 4.78 is 18.8. The monoisotopic (exact) mass is 307 g/mol. The lowest BCUT2D eigenvalue weighted by Gasteiger charge is -2.30. The summed E-state index contributed by atoms with van der Waals surface area (Å²) in [5, 5.41) is 1.94. The van der Waals surface area contributed by atoms with Gasteiger partial charge in [-0.15, -0.1) is 11.3 Å². The van der Waals surface area contributed by atoms with Gasteiger partial charge in [0.1, 0.15) is 11.2 Å². The van der Waals surface area contributed by atoms with Gasteiger partial charge in [0.2, 0.25) is 0 Å². The molecule has 0 radical (unpaired) electrons. The van der Waals surface area contributed by atoms with Crippen molar-refractivity contribution in [1.82, 2.24) is 0 Å². The van der Waals surface area contributed by atoms with Gasteiger partial charge >= 0.3 is 5.97 Å². The number of carbonyl (C=O) groups is 1. The summed E-state index contributed by atoms with van der Waals surface area (Å²) in [4.78, 5) is 13.5. The van der Waals surface area contributed by atoms with E-state index in [2.05, 4.69) is 0 Å². The molecule has 0 aliphatic heterocycles. The van der Waals surface area contributed by atoms with Gasteiger partial charge in [0.15, 0.2) is 0 Å². The normalized spacial score (nSPS) is 13.7. The average Bonchev–Trinajstić information content (AvgIpc) is 2.98. The summed E-state index contributed by atoms with van der Waals surface area (Å²) in [7, 11) is 0. The molecule has 0 saturated heterocycles. The van der Waals surface area contributed by atoms with Crippen LogP contribution in [0.5, 0.6) is 0 Å². The number of ether oxygens (including phenoxy) is 1. The third-order valence-electron chi connectivity index (χ3n) is 3.45. The average molecular weight is 307 g/mol. The van der Waals surface area contributed by atoms with E-state index in [0.717, 1.165) is 4.88 Å². The van der Waals surface area contributed by atoms with Gasteiger partial charge in [0.05, 0.1) is 6.61 Å². The summed E-state index contributed by atoms with van der Waals surface area (Å²) in [6.45, 7) is 2.07. The first-order valence-corrected chi connectivity index (χ1v) is 7.66. The SMILES string of the molecule is CCOC(=O)C(CN)(Cc1cccs1)c1cccc(F)c1. The standard InChI is InChI=1S/C16H18FNO2S/c1-2-20-15(19)16(11-18,10-14-7-4-8-21-14)12-5-3-6-13(17)9-12/h3-9H,2,10-11,18H2,1H3. The number of thiophene rings is 1. The highest BCUT2D eigenvalue weighted by molar-refractivity contribution is 7.09. The summed E-state index contributed by atoms with van der Waals surface area (Å²) >= 11 is 1.54. The zero-order chi connectivity index (χ0) is 15.3. The Balaban J connectivity index is 2.47. The third kappa shape index (κ3) is 3.31. The van der Waals surface area contributed by atoms with Gasteiger partial charge in [-0.3, -0.25) is 4.79 Å². The van der Waals surface area contributed by atoms with Crippen LogP contribution in [0.2, 0.25) is 0 Å². The first-order chi connectivity index (χ1) is 10.1. The fourth-order valence-corrected chi connectivity index (χ4v) is 3.15. The Bertz CT molecular complexity index is 600. The van der Waals surface area contributed by atoms with E-state index in [1.54, 1.807) is 30.4 Å². The molecule has 1 atom stereocenters. The van der Waals surface area contributed by atoms with E-state index < -0.39 is 11.4 Å². The Kier molecular flexibility index (Phi) is 5.09. The summed E-state index contributed by atoms with van der Waals surface area (Å²) in [6, 6.07) is 9.87. The van der Waals surface area contributed by atoms with Crippen LogP contribution in [0.4, 0.5) is 4.39 Å². The topological polar surface area (TPSA) is 52.3 Å². The molecule has 112 valence electrons. The Hall–Kier alpha value is -1.72. The molecule has 1 unspecified atom stereocenters. The highest BCUT2D eigenvalue weighted by Crippen LogP contribution is 2.31. The summed E-state index contributed by atoms with van der Waals surface area (Å²) in [5.74, 6) is -0.799. The molecule has 0 bridgehead atoms. The van der Waals surface area contributed by atoms with E-state index in [1.165, 1.54) is 12.1 Å². The minimum absolute atomic E-state index is 0.0627. The van der Waals surface area contributed by atoms with Crippen LogP contribution in [-0.2, 0) is 21.4 Å². The van der Waals surface area contributed by atoms with Crippen LogP contribution in [0.25, 0.3) is 0 Å². The van der Waals surface area contributed by atoms with E-state index in [9.17, 15) is 9.18 Å². The molecule has 0 amide bonds. The van der Waals surface area contributed by atoms with E-state index >= 15 is 0 Å². The van der Waals surface area contributed by atoms with Crippen molar-refractivity contribution >= 4 is 17.3 Å². The van der Waals surface area contributed by atoms with Crippen LogP contribution in [0.3, 0.4) is 0 Å². The van der Waals surface area contributed by atoms with Crippen molar-refractivity contribution in [3.05, 3.63) is 58.0 Å². The van der Waals surface area contributed by atoms with E-state index in [4.69, 9.17) is 10.5 Å². The second-order valence-corrected chi connectivity index (χ2v) is 5.81. The minimum Gasteiger partial charge on any atom is -0.465 e. The lowest BCUT2D eigenvalue weighted by Crippen LogP contribution is -2.46. The van der Waals surface area contributed by atoms with Gasteiger partial charge in [0.25, 0.3) is 0 Å². The molecule has 5 heteroatoms. The molecule has 1 heterocycles. The predicted octanol–water partition coefficient (Wildman–Crippen LogP) is 2.89. The Morgan fingerprint density at radius 2 is 2.19 bits per heavy atom. The number of halogens is 1. The highest BCUT2D eigenvalue weighted by Gasteiger charge is 2.41. The van der Waals surface area contributed by atoms with E-state index in [-0.39, 0.29) is 19.0 Å². The van der Waals surface area contributed by atoms with Crippen LogP contribution in [0, 0.1) is 5.82 Å². The minimum atomic E-state index is -1.05. The molecular weight excluding hydrogens is 289 g/mol. The fourth-order valence-electron chi connectivity index (χ4n) is 2.33. The van der Waals surface area contributed by atoms with Gasteiger partial charge in [0, 0.05) is 17.8 Å². The first-order valence-electron chi connectivity index (χ1n) is 6.78. The second kappa shape index (κ2) is 6.83. The Morgan fingerprint density at radius 3 is 2.76 bits per heavy atom. The third-order valence-corrected chi connectivity index (χ3v) is 4.32. The van der Waals surface area contributed by atoms with Crippen LogP contribution in [0.15, 0.2) is 41.8 Å². The van der Waals surface area contributed by atoms with Gasteiger partial charge in [-0.25, -0.2) is 4.39 Å². The van der Waals surface area contributed by atoms with Crippen LogP contribution in [-0.4, -0.2) is 19.1 Å². The molecule has 21 heavy (non-hydrogen) atoms. The molecule has 2 N–H and O–H groups in total. The number of hydrogen-bond acceptors (Lipinski definition) is 4. The number of benzene rings is 1. The van der Waals surface area contributed by atoms with E-state index in [0.29, 0.717) is 12.0 Å². The van der Waals surface area contributed by atoms with Gasteiger partial charge in [-0.2, -0.15) is 0 Å². The largest absolute Gasteiger partial charge is 0.465 e. The van der Waals surface area contributed by atoms with Crippen molar-refractivity contribution in [1.29, 1.82) is 0 Å². The lowest BCUT2D eigenvalue weighted by molar-refractivity contribution is -0.149. The molecule has 1 aromatic carbocycles. The Labute approximate surface area is 127 Å². The van der Waals surface area contributed by atoms with Gasteiger partial charge in [-0.1, -0.05) is 18.2 Å². The van der Waals surface area contributed by atoms with Crippen LogP contribution < -0.4 is 5.73 Å². The number of rotatable bonds is 6. The first kappa shape index (κ1) is 15.7. The number of carbonyl (C=O) groups excluding carboxylic acids is 1. The van der Waals surface area contributed by atoms with E-state index in [1.807, 2.05) is 17.5 Å². The zero-order valence-electron chi connectivity index (χ0n) is 11.8. The summed E-state index contributed by atoms with van der Waals surface area (Å²) in [6.07, 6.45) is 0.406. The molecule has 1 aromatic heterocycles. The second-order valence-electron chi connectivity index (χ2n) is 4.77. The maximum absolute atomic E-state index is 13.6. The van der Waals surface area contributed by atoms with Gasteiger partial charge < -0.3 is 10.5 Å². The summed E-state index contributed by atoms with van der Waals surface area (Å²) in [5.41, 5.74) is 5.42. The molecule has 2 aromatic rings. The maximum Gasteiger partial charge on any atom is 0.318 e. The lowest BCUT2D eigenvalue weighted by atomic mass is 9.77. The molecule has 0 fully saturated rings. The fraction of sp³-hybridized carbons (Fsp3) is 0.312. The molecule has 0 spiro atoms. The number of esters is 1. The van der Waals surface area contributed by atoms with Gasteiger partial charge in [-0.05, 0) is 36.1 Å². The van der Waals surface area contributed by atoms with Crippen molar-refractivity contribution in [3.63, 3.8) is 0 Å². The molecule has 0 saturated carbocycles. The van der Waals surface area contributed by atoms with Crippen molar-refractivity contribution in [3.8, 4) is 0 Å². The maximum atomic E-state index is 13.6. The molecule has 3 nitrogen and oxygen atoms in total. The van der Waals surface area contributed by atoms with Crippen molar-refractivity contribution in [2.75, 3.05) is 13.2 Å². The predicted molar refractivity (Wildman–Crippen MR) is 81.8 cm³/mol. The van der Waals surface area contributed by atoms with Crippen molar-refractivity contribution < 1.29 is 13.9 Å². The van der Waals surface area contributed by atoms with Crippen LogP contribution >= 0.6 is 11.3 Å². The molecule has 2 rings (SSSR count). The Morgan fingerprint density at radius 1 is 1.38 bits per heavy atom. The molecule has 0 aliphatic rings. The smallest absolute Gasteiger partial charge is 0.318 e. The number of hydrogen-bond donors (Lipinski definition) is 1. The van der Waals surface area contributed by atoms with Crippen LogP contribution in [0.1, 0.15) is 17.4 Å². The number of nitrogens with two attached hydrogens (primary N) is 1. The highest BCUT2D eigenvalue weighted by atomic mass is 32.1. The zero-order valence-corrected chi connectivity index (χ0v) is 12.7. The quantitative estimate of drug-likeness (QED) is 0.835.